The highest BCUT2D eigenvalue weighted by molar-refractivity contribution is 7.89. The highest BCUT2D eigenvalue weighted by atomic mass is 32.2. The van der Waals surface area contributed by atoms with Gasteiger partial charge >= 0.3 is 5.97 Å². The van der Waals surface area contributed by atoms with Gasteiger partial charge in [0.2, 0.25) is 16.1 Å². The molecule has 0 bridgehead atoms. The highest BCUT2D eigenvalue weighted by Gasteiger charge is 2.28. The lowest BCUT2D eigenvalue weighted by Crippen LogP contribution is -2.40. The van der Waals surface area contributed by atoms with Gasteiger partial charge in [-0.3, -0.25) is 4.79 Å². The fourth-order valence-electron chi connectivity index (χ4n) is 3.47. The summed E-state index contributed by atoms with van der Waals surface area (Å²) in [5.41, 5.74) is 0.717. The monoisotopic (exact) mass is 496 g/mol. The number of furan rings is 1. The summed E-state index contributed by atoms with van der Waals surface area (Å²) in [7, 11) is -3.74. The number of nitrogens with zero attached hydrogens (tertiary/aromatic N) is 1. The summed E-state index contributed by atoms with van der Waals surface area (Å²) in [5.74, 6) is -0.910. The second kappa shape index (κ2) is 11.1. The highest BCUT2D eigenvalue weighted by Crippen LogP contribution is 2.24. The molecule has 1 unspecified atom stereocenters. The molecule has 0 aliphatic carbocycles. The Labute approximate surface area is 203 Å². The number of rotatable bonds is 8. The third-order valence-corrected chi connectivity index (χ3v) is 7.11. The lowest BCUT2D eigenvalue weighted by Gasteiger charge is -2.26. The van der Waals surface area contributed by atoms with Crippen LogP contribution in [0.4, 0.5) is 5.69 Å². The van der Waals surface area contributed by atoms with E-state index in [1.165, 1.54) is 28.8 Å². The lowest BCUT2D eigenvalue weighted by molar-refractivity contribution is -0.149. The van der Waals surface area contributed by atoms with Gasteiger partial charge < -0.3 is 19.2 Å². The third kappa shape index (κ3) is 6.24. The molecule has 182 valence electrons. The van der Waals surface area contributed by atoms with E-state index in [1.807, 2.05) is 0 Å². The van der Waals surface area contributed by atoms with Crippen LogP contribution in [0.25, 0.3) is 6.08 Å². The van der Waals surface area contributed by atoms with E-state index in [0.29, 0.717) is 24.5 Å². The molecule has 2 heterocycles. The molecule has 1 amide bonds. The fourth-order valence-corrected chi connectivity index (χ4v) is 4.92. The Morgan fingerprint density at radius 1 is 1.00 bits per heavy atom. The van der Waals surface area contributed by atoms with Gasteiger partial charge in [-0.2, -0.15) is 4.31 Å². The molecule has 3 aromatic rings. The average molecular weight is 497 g/mol. The minimum atomic E-state index is -3.74. The van der Waals surface area contributed by atoms with E-state index in [0.717, 1.165) is 6.08 Å². The molecular formula is C25H24N2O7S. The second-order valence-electron chi connectivity index (χ2n) is 7.61. The molecule has 35 heavy (non-hydrogen) atoms. The van der Waals surface area contributed by atoms with Crippen LogP contribution in [-0.4, -0.2) is 50.9 Å². The first-order valence-electron chi connectivity index (χ1n) is 10.9. The number of morpholine rings is 1. The zero-order chi connectivity index (χ0) is 24.7. The minimum Gasteiger partial charge on any atom is -0.465 e. The van der Waals surface area contributed by atoms with E-state index in [9.17, 15) is 18.0 Å². The molecule has 1 saturated heterocycles. The van der Waals surface area contributed by atoms with Crippen LogP contribution in [0.1, 0.15) is 17.4 Å². The van der Waals surface area contributed by atoms with Crippen molar-refractivity contribution in [2.75, 3.05) is 31.6 Å². The molecule has 1 atom stereocenters. The molecule has 1 aliphatic rings. The van der Waals surface area contributed by atoms with Crippen LogP contribution in [0, 0.1) is 0 Å². The van der Waals surface area contributed by atoms with Crippen LogP contribution < -0.4 is 5.32 Å². The molecule has 0 saturated carbocycles. The zero-order valence-electron chi connectivity index (χ0n) is 18.7. The van der Waals surface area contributed by atoms with Gasteiger partial charge in [0.1, 0.15) is 5.76 Å². The largest absolute Gasteiger partial charge is 0.465 e. The summed E-state index contributed by atoms with van der Waals surface area (Å²) < 4.78 is 43.1. The molecule has 0 spiro atoms. The van der Waals surface area contributed by atoms with Crippen molar-refractivity contribution in [3.63, 3.8) is 0 Å². The van der Waals surface area contributed by atoms with E-state index in [4.69, 9.17) is 13.9 Å². The van der Waals surface area contributed by atoms with E-state index >= 15 is 0 Å². The number of anilines is 1. The maximum absolute atomic E-state index is 13.1. The van der Waals surface area contributed by atoms with Crippen molar-refractivity contribution in [2.24, 2.45) is 0 Å². The molecule has 0 radical (unpaired) electrons. The van der Waals surface area contributed by atoms with Gasteiger partial charge in [0, 0.05) is 30.4 Å². The number of hydrogen-bond acceptors (Lipinski definition) is 7. The van der Waals surface area contributed by atoms with Crippen molar-refractivity contribution in [1.82, 2.24) is 4.31 Å². The summed E-state index contributed by atoms with van der Waals surface area (Å²) in [4.78, 5) is 25.6. The Kier molecular flexibility index (Phi) is 7.76. The van der Waals surface area contributed by atoms with Crippen molar-refractivity contribution >= 4 is 33.7 Å². The van der Waals surface area contributed by atoms with E-state index in [1.54, 1.807) is 54.6 Å². The van der Waals surface area contributed by atoms with Crippen LogP contribution in [0.15, 0.2) is 88.4 Å². The van der Waals surface area contributed by atoms with E-state index < -0.39 is 28.0 Å². The first-order valence-corrected chi connectivity index (χ1v) is 12.3. The maximum Gasteiger partial charge on any atom is 0.332 e. The molecule has 1 N–H and O–H groups in total. The predicted molar refractivity (Wildman–Crippen MR) is 128 cm³/mol. The summed E-state index contributed by atoms with van der Waals surface area (Å²) in [6.07, 6.45) is 2.81. The van der Waals surface area contributed by atoms with Gasteiger partial charge in [0.25, 0.3) is 5.91 Å². The summed E-state index contributed by atoms with van der Waals surface area (Å²) in [6.45, 7) is 1.18. The van der Waals surface area contributed by atoms with Crippen LogP contribution in [-0.2, 0) is 29.1 Å². The topological polar surface area (TPSA) is 115 Å². The second-order valence-corrected chi connectivity index (χ2v) is 9.55. The number of hydrogen-bond donors (Lipinski definition) is 1. The van der Waals surface area contributed by atoms with Crippen LogP contribution in [0.2, 0.25) is 0 Å². The number of benzene rings is 2. The quantitative estimate of drug-likeness (QED) is 0.376. The Bertz CT molecular complexity index is 1280. The molecule has 2 aromatic carbocycles. The van der Waals surface area contributed by atoms with Crippen molar-refractivity contribution in [3.05, 3.63) is 90.4 Å². The summed E-state index contributed by atoms with van der Waals surface area (Å²) in [6, 6.07) is 17.8. The minimum absolute atomic E-state index is 0.0480. The van der Waals surface area contributed by atoms with Gasteiger partial charge in [0.15, 0.2) is 0 Å². The van der Waals surface area contributed by atoms with E-state index in [2.05, 4.69) is 5.32 Å². The number of nitrogens with one attached hydrogen (secondary N) is 1. The fraction of sp³-hybridized carbons (Fsp3) is 0.200. The SMILES string of the molecule is O=C(/C=C/c1ccco1)OC(C(=O)Nc1cccc(S(=O)(=O)N2CCOCC2)c1)c1ccccc1. The normalized spacial score (nSPS) is 15.5. The molecule has 9 nitrogen and oxygen atoms in total. The van der Waals surface area contributed by atoms with Gasteiger partial charge in [-0.25, -0.2) is 13.2 Å². The molecule has 1 fully saturated rings. The first-order chi connectivity index (χ1) is 16.9. The summed E-state index contributed by atoms with van der Waals surface area (Å²) >= 11 is 0. The average Bonchev–Trinajstić information content (AvgIpc) is 3.41. The van der Waals surface area contributed by atoms with Gasteiger partial charge in [-0.15, -0.1) is 0 Å². The Morgan fingerprint density at radius 3 is 2.49 bits per heavy atom. The Hall–Kier alpha value is -3.73. The van der Waals surface area contributed by atoms with Crippen LogP contribution in [0.5, 0.6) is 0 Å². The van der Waals surface area contributed by atoms with Crippen molar-refractivity contribution in [3.8, 4) is 0 Å². The predicted octanol–water partition coefficient (Wildman–Crippen LogP) is 3.24. The Balaban J connectivity index is 1.52. The number of ether oxygens (including phenoxy) is 2. The number of carbonyl (C=O) groups is 2. The number of sulfonamides is 1. The van der Waals surface area contributed by atoms with Gasteiger partial charge in [0.05, 0.1) is 24.4 Å². The van der Waals surface area contributed by atoms with E-state index in [-0.39, 0.29) is 23.7 Å². The van der Waals surface area contributed by atoms with Gasteiger partial charge in [-0.05, 0) is 36.4 Å². The lowest BCUT2D eigenvalue weighted by atomic mass is 10.1. The Morgan fingerprint density at radius 2 is 1.77 bits per heavy atom. The molecule has 4 rings (SSSR count). The summed E-state index contributed by atoms with van der Waals surface area (Å²) in [5, 5.41) is 2.66. The van der Waals surface area contributed by atoms with Crippen molar-refractivity contribution < 1.29 is 31.9 Å². The standard InChI is InChI=1S/C25H24N2O7S/c28-23(12-11-21-9-5-15-33-21)34-24(19-6-2-1-3-7-19)25(29)26-20-8-4-10-22(18-20)35(30,31)27-13-16-32-17-14-27/h1-12,15,18,24H,13-14,16-17H2,(H,26,29)/b12-11+. The molecule has 1 aromatic heterocycles. The molecule has 10 heteroatoms. The number of carbonyl (C=O) groups excluding carboxylic acids is 2. The number of amides is 1. The third-order valence-electron chi connectivity index (χ3n) is 5.21. The molecule has 1 aliphatic heterocycles. The van der Waals surface area contributed by atoms with Crippen LogP contribution >= 0.6 is 0 Å². The number of esters is 1. The van der Waals surface area contributed by atoms with Crippen molar-refractivity contribution in [2.45, 2.75) is 11.0 Å². The van der Waals surface area contributed by atoms with Crippen molar-refractivity contribution in [1.29, 1.82) is 0 Å². The maximum atomic E-state index is 13.1. The first kappa shape index (κ1) is 24.4. The van der Waals surface area contributed by atoms with Gasteiger partial charge in [-0.1, -0.05) is 36.4 Å². The molecular weight excluding hydrogens is 472 g/mol. The van der Waals surface area contributed by atoms with Crippen LogP contribution in [0.3, 0.4) is 0 Å². The smallest absolute Gasteiger partial charge is 0.332 e. The zero-order valence-corrected chi connectivity index (χ0v) is 19.5.